The fourth-order valence-corrected chi connectivity index (χ4v) is 1.11. The van der Waals surface area contributed by atoms with Gasteiger partial charge in [0.15, 0.2) is 0 Å². The summed E-state index contributed by atoms with van der Waals surface area (Å²) in [4.78, 5) is 12.9. The lowest BCUT2D eigenvalue weighted by Crippen LogP contribution is -2.33. The lowest BCUT2D eigenvalue weighted by Gasteiger charge is -2.23. The molecule has 2 heteroatoms. The fourth-order valence-electron chi connectivity index (χ4n) is 1.11. The van der Waals surface area contributed by atoms with Gasteiger partial charge in [0, 0.05) is 19.2 Å². The maximum absolute atomic E-state index is 11.1. The van der Waals surface area contributed by atoms with Crippen LogP contribution in [-0.2, 0) is 4.79 Å². The van der Waals surface area contributed by atoms with E-state index in [9.17, 15) is 4.79 Å². The third-order valence-electron chi connectivity index (χ3n) is 1.84. The third kappa shape index (κ3) is 1.38. The SMILES string of the molecule is CCN1CCC(C)=CC1=O. The lowest BCUT2D eigenvalue weighted by molar-refractivity contribution is -0.126. The highest BCUT2D eigenvalue weighted by Crippen LogP contribution is 2.09. The molecule has 0 spiro atoms. The second-order valence-electron chi connectivity index (χ2n) is 2.66. The Labute approximate surface area is 61.5 Å². The zero-order valence-corrected chi connectivity index (χ0v) is 6.55. The van der Waals surface area contributed by atoms with Crippen LogP contribution in [-0.4, -0.2) is 23.9 Å². The monoisotopic (exact) mass is 139 g/mol. The Bertz CT molecular complexity index is 172. The van der Waals surface area contributed by atoms with Crippen LogP contribution >= 0.6 is 0 Å². The van der Waals surface area contributed by atoms with E-state index < -0.39 is 0 Å². The molecular weight excluding hydrogens is 126 g/mol. The van der Waals surface area contributed by atoms with Gasteiger partial charge in [-0.05, 0) is 20.3 Å². The number of likely N-dealkylation sites (N-methyl/N-ethyl adjacent to an activating group) is 1. The summed E-state index contributed by atoms with van der Waals surface area (Å²) in [6.45, 7) is 5.75. The van der Waals surface area contributed by atoms with Crippen molar-refractivity contribution in [2.45, 2.75) is 20.3 Å². The number of amides is 1. The van der Waals surface area contributed by atoms with Crippen molar-refractivity contribution in [3.8, 4) is 0 Å². The summed E-state index contributed by atoms with van der Waals surface area (Å²) in [5, 5.41) is 0. The minimum absolute atomic E-state index is 0.172. The van der Waals surface area contributed by atoms with E-state index in [2.05, 4.69) is 0 Å². The van der Waals surface area contributed by atoms with Crippen molar-refractivity contribution in [3.63, 3.8) is 0 Å². The zero-order chi connectivity index (χ0) is 7.56. The normalized spacial score (nSPS) is 19.2. The molecule has 1 rings (SSSR count). The number of carbonyl (C=O) groups is 1. The van der Waals surface area contributed by atoms with E-state index in [0.29, 0.717) is 0 Å². The van der Waals surface area contributed by atoms with Crippen LogP contribution in [0.25, 0.3) is 0 Å². The topological polar surface area (TPSA) is 20.3 Å². The van der Waals surface area contributed by atoms with E-state index in [4.69, 9.17) is 0 Å². The predicted molar refractivity (Wildman–Crippen MR) is 40.6 cm³/mol. The van der Waals surface area contributed by atoms with Crippen LogP contribution in [0.15, 0.2) is 11.6 Å². The van der Waals surface area contributed by atoms with E-state index in [-0.39, 0.29) is 5.91 Å². The van der Waals surface area contributed by atoms with Crippen LogP contribution < -0.4 is 0 Å². The van der Waals surface area contributed by atoms with E-state index in [1.54, 1.807) is 6.08 Å². The first kappa shape index (κ1) is 7.32. The molecule has 0 aromatic carbocycles. The van der Waals surface area contributed by atoms with Gasteiger partial charge in [-0.2, -0.15) is 0 Å². The molecule has 0 aliphatic carbocycles. The summed E-state index contributed by atoms with van der Waals surface area (Å²) in [5.41, 5.74) is 1.20. The summed E-state index contributed by atoms with van der Waals surface area (Å²) in [6, 6.07) is 0. The van der Waals surface area contributed by atoms with Crippen molar-refractivity contribution in [1.29, 1.82) is 0 Å². The molecule has 56 valence electrons. The van der Waals surface area contributed by atoms with Gasteiger partial charge in [0.25, 0.3) is 0 Å². The molecule has 0 radical (unpaired) electrons. The van der Waals surface area contributed by atoms with Gasteiger partial charge in [-0.1, -0.05) is 5.57 Å². The summed E-state index contributed by atoms with van der Waals surface area (Å²) in [7, 11) is 0. The zero-order valence-electron chi connectivity index (χ0n) is 6.55. The first-order valence-corrected chi connectivity index (χ1v) is 3.70. The molecule has 1 amide bonds. The molecular formula is C8H13NO. The molecule has 0 atom stereocenters. The molecule has 1 heterocycles. The molecule has 1 aliphatic heterocycles. The number of hydrogen-bond acceptors (Lipinski definition) is 1. The smallest absolute Gasteiger partial charge is 0.246 e. The second-order valence-corrected chi connectivity index (χ2v) is 2.66. The minimum Gasteiger partial charge on any atom is -0.339 e. The van der Waals surface area contributed by atoms with Crippen molar-refractivity contribution in [2.24, 2.45) is 0 Å². The summed E-state index contributed by atoms with van der Waals surface area (Å²) in [6.07, 6.45) is 2.77. The minimum atomic E-state index is 0.172. The standard InChI is InChI=1S/C8H13NO/c1-3-9-5-4-7(2)6-8(9)10/h6H,3-5H2,1-2H3. The van der Waals surface area contributed by atoms with E-state index in [1.165, 1.54) is 5.57 Å². The Kier molecular flexibility index (Phi) is 2.10. The van der Waals surface area contributed by atoms with Gasteiger partial charge < -0.3 is 4.90 Å². The maximum atomic E-state index is 11.1. The highest BCUT2D eigenvalue weighted by molar-refractivity contribution is 5.89. The van der Waals surface area contributed by atoms with Crippen molar-refractivity contribution in [1.82, 2.24) is 4.90 Å². The molecule has 0 aromatic heterocycles. The number of rotatable bonds is 1. The summed E-state index contributed by atoms with van der Waals surface area (Å²) >= 11 is 0. The molecule has 0 bridgehead atoms. The second kappa shape index (κ2) is 2.86. The summed E-state index contributed by atoms with van der Waals surface area (Å²) in [5.74, 6) is 0.172. The van der Waals surface area contributed by atoms with E-state index in [0.717, 1.165) is 19.5 Å². The fraction of sp³-hybridized carbons (Fsp3) is 0.625. The van der Waals surface area contributed by atoms with Crippen LogP contribution in [0.1, 0.15) is 20.3 Å². The van der Waals surface area contributed by atoms with Crippen molar-refractivity contribution >= 4 is 5.91 Å². The molecule has 0 saturated carbocycles. The van der Waals surface area contributed by atoms with Gasteiger partial charge in [0.05, 0.1) is 0 Å². The van der Waals surface area contributed by atoms with Crippen LogP contribution in [0.2, 0.25) is 0 Å². The molecule has 0 aromatic rings. The largest absolute Gasteiger partial charge is 0.339 e. The average Bonchev–Trinajstić information content (AvgIpc) is 1.88. The number of carbonyl (C=O) groups excluding carboxylic acids is 1. The van der Waals surface area contributed by atoms with Gasteiger partial charge in [-0.15, -0.1) is 0 Å². The first-order chi connectivity index (χ1) is 4.74. The van der Waals surface area contributed by atoms with Crippen molar-refractivity contribution in [2.75, 3.05) is 13.1 Å². The predicted octanol–water partition coefficient (Wildman–Crippen LogP) is 1.18. The maximum Gasteiger partial charge on any atom is 0.246 e. The van der Waals surface area contributed by atoms with Crippen LogP contribution in [0.5, 0.6) is 0 Å². The quantitative estimate of drug-likeness (QED) is 0.534. The average molecular weight is 139 g/mol. The molecule has 10 heavy (non-hydrogen) atoms. The molecule has 0 unspecified atom stereocenters. The van der Waals surface area contributed by atoms with Crippen LogP contribution in [0, 0.1) is 0 Å². The third-order valence-corrected chi connectivity index (χ3v) is 1.84. The first-order valence-electron chi connectivity index (χ1n) is 3.70. The Morgan fingerprint density at radius 2 is 2.40 bits per heavy atom. The molecule has 0 N–H and O–H groups in total. The Morgan fingerprint density at radius 3 is 2.90 bits per heavy atom. The summed E-state index contributed by atoms with van der Waals surface area (Å²) < 4.78 is 0. The lowest BCUT2D eigenvalue weighted by atomic mass is 10.1. The van der Waals surface area contributed by atoms with Gasteiger partial charge in [-0.3, -0.25) is 4.79 Å². The van der Waals surface area contributed by atoms with Crippen molar-refractivity contribution < 1.29 is 4.79 Å². The van der Waals surface area contributed by atoms with E-state index >= 15 is 0 Å². The number of hydrogen-bond donors (Lipinski definition) is 0. The molecule has 1 aliphatic rings. The Hall–Kier alpha value is -0.790. The Morgan fingerprint density at radius 1 is 1.70 bits per heavy atom. The van der Waals surface area contributed by atoms with Crippen LogP contribution in [0.4, 0.5) is 0 Å². The Balaban J connectivity index is 2.64. The van der Waals surface area contributed by atoms with Crippen LogP contribution in [0.3, 0.4) is 0 Å². The highest BCUT2D eigenvalue weighted by atomic mass is 16.2. The highest BCUT2D eigenvalue weighted by Gasteiger charge is 2.13. The number of nitrogens with zero attached hydrogens (tertiary/aromatic N) is 1. The van der Waals surface area contributed by atoms with E-state index in [1.807, 2.05) is 18.7 Å². The molecule has 0 saturated heterocycles. The van der Waals surface area contributed by atoms with Gasteiger partial charge >= 0.3 is 0 Å². The van der Waals surface area contributed by atoms with Gasteiger partial charge in [-0.25, -0.2) is 0 Å². The molecule has 2 nitrogen and oxygen atoms in total. The molecule has 0 fully saturated rings. The van der Waals surface area contributed by atoms with Gasteiger partial charge in [0.2, 0.25) is 5.91 Å². The van der Waals surface area contributed by atoms with Crippen molar-refractivity contribution in [3.05, 3.63) is 11.6 Å². The van der Waals surface area contributed by atoms with Gasteiger partial charge in [0.1, 0.15) is 0 Å².